The molecule has 0 unspecified atom stereocenters. The third-order valence-electron chi connectivity index (χ3n) is 2.15. The Hall–Kier alpha value is -2.17. The fraction of sp³-hybridized carbons (Fsp3) is 0. The van der Waals surface area contributed by atoms with E-state index in [0.717, 1.165) is 11.8 Å². The number of nitrogens with zero attached hydrogens (tertiary/aromatic N) is 2. The van der Waals surface area contributed by atoms with Gasteiger partial charge in [-0.2, -0.15) is 5.10 Å². The molecule has 2 heterocycles. The normalized spacial score (nSPS) is 11.1. The van der Waals surface area contributed by atoms with E-state index >= 15 is 0 Å². The summed E-state index contributed by atoms with van der Waals surface area (Å²) >= 11 is 0. The quantitative estimate of drug-likeness (QED) is 0.571. The van der Waals surface area contributed by atoms with Gasteiger partial charge >= 0.3 is 5.63 Å². The zero-order valence-corrected chi connectivity index (χ0v) is 7.02. The van der Waals surface area contributed by atoms with E-state index in [4.69, 9.17) is 4.42 Å². The molecule has 0 aliphatic heterocycles. The third kappa shape index (κ3) is 0.806. The Labute approximate surface area is 77.4 Å². The van der Waals surface area contributed by atoms with Crippen LogP contribution in [0.1, 0.15) is 0 Å². The minimum atomic E-state index is -0.398. The van der Waals surface area contributed by atoms with Gasteiger partial charge in [0, 0.05) is 5.39 Å². The van der Waals surface area contributed by atoms with E-state index in [1.807, 2.05) is 6.07 Å². The molecule has 14 heavy (non-hydrogen) atoms. The van der Waals surface area contributed by atoms with Gasteiger partial charge in [0.2, 0.25) is 0 Å². The Morgan fingerprint density at radius 3 is 3.21 bits per heavy atom. The van der Waals surface area contributed by atoms with Crippen LogP contribution < -0.4 is 5.63 Å². The van der Waals surface area contributed by atoms with Gasteiger partial charge in [0.15, 0.2) is 6.39 Å². The highest BCUT2D eigenvalue weighted by atomic mass is 16.4. The molecule has 0 atom stereocenters. The molecule has 5 nitrogen and oxygen atoms in total. The number of benzene rings is 1. The second-order valence-corrected chi connectivity index (χ2v) is 2.93. The number of H-pyrrole nitrogens is 1. The molecular weight excluding hydrogens is 182 g/mol. The van der Waals surface area contributed by atoms with Crippen molar-refractivity contribution in [3.63, 3.8) is 0 Å². The monoisotopic (exact) mass is 187 g/mol. The van der Waals surface area contributed by atoms with Crippen LogP contribution in [-0.4, -0.2) is 15.2 Å². The average molecular weight is 187 g/mol. The van der Waals surface area contributed by atoms with Crippen LogP contribution >= 0.6 is 0 Å². The Kier molecular flexibility index (Phi) is 1.25. The smallest absolute Gasteiger partial charge is 0.348 e. The topological polar surface area (TPSA) is 71.8 Å². The number of nitrogens with one attached hydrogen (secondary N) is 1. The molecule has 1 aromatic carbocycles. The Morgan fingerprint density at radius 1 is 1.36 bits per heavy atom. The van der Waals surface area contributed by atoms with Gasteiger partial charge in [0.1, 0.15) is 5.39 Å². The van der Waals surface area contributed by atoms with E-state index in [2.05, 4.69) is 15.2 Å². The molecule has 0 saturated carbocycles. The van der Waals surface area contributed by atoms with Gasteiger partial charge < -0.3 is 4.42 Å². The molecule has 68 valence electrons. The number of fused-ring (bicyclic) bond motifs is 3. The van der Waals surface area contributed by atoms with Gasteiger partial charge in [-0.15, -0.1) is 0 Å². The molecule has 0 radical (unpaired) electrons. The molecule has 0 amide bonds. The minimum absolute atomic E-state index is 0.398. The van der Waals surface area contributed by atoms with Crippen LogP contribution in [0.3, 0.4) is 0 Å². The van der Waals surface area contributed by atoms with Crippen molar-refractivity contribution in [1.29, 1.82) is 0 Å². The summed E-state index contributed by atoms with van der Waals surface area (Å²) in [6, 6.07) is 3.62. The fourth-order valence-electron chi connectivity index (χ4n) is 1.51. The highest BCUT2D eigenvalue weighted by Gasteiger charge is 2.07. The number of aromatic nitrogens is 3. The molecule has 0 aliphatic carbocycles. The van der Waals surface area contributed by atoms with Crippen LogP contribution in [0.2, 0.25) is 0 Å². The zero-order chi connectivity index (χ0) is 9.54. The van der Waals surface area contributed by atoms with Gasteiger partial charge in [-0.3, -0.25) is 5.10 Å². The van der Waals surface area contributed by atoms with E-state index in [1.165, 1.54) is 0 Å². The molecule has 0 bridgehead atoms. The van der Waals surface area contributed by atoms with Crippen LogP contribution in [0, 0.1) is 0 Å². The summed E-state index contributed by atoms with van der Waals surface area (Å²) in [5.74, 6) is 0. The minimum Gasteiger partial charge on any atom is -0.411 e. The number of hydrogen-bond donors (Lipinski definition) is 1. The zero-order valence-electron chi connectivity index (χ0n) is 7.02. The maximum absolute atomic E-state index is 11.4. The van der Waals surface area contributed by atoms with Crippen LogP contribution in [0.5, 0.6) is 0 Å². The molecule has 5 heteroatoms. The van der Waals surface area contributed by atoms with Crippen LogP contribution in [0.4, 0.5) is 0 Å². The van der Waals surface area contributed by atoms with Crippen molar-refractivity contribution < 1.29 is 4.42 Å². The van der Waals surface area contributed by atoms with Crippen molar-refractivity contribution in [2.75, 3.05) is 0 Å². The van der Waals surface area contributed by atoms with E-state index < -0.39 is 5.63 Å². The molecule has 1 N–H and O–H groups in total. The molecule has 0 saturated heterocycles. The van der Waals surface area contributed by atoms with E-state index in [0.29, 0.717) is 16.4 Å². The Balaban J connectivity index is 2.74. The maximum atomic E-state index is 11.4. The predicted molar refractivity (Wildman–Crippen MR) is 49.9 cm³/mol. The second kappa shape index (κ2) is 2.41. The molecule has 3 rings (SSSR count). The predicted octanol–water partition coefficient (Wildman–Crippen LogP) is 1.06. The number of hydrogen-bond acceptors (Lipinski definition) is 4. The second-order valence-electron chi connectivity index (χ2n) is 2.93. The highest BCUT2D eigenvalue weighted by Crippen LogP contribution is 2.17. The maximum Gasteiger partial charge on any atom is 0.348 e. The molecular formula is C9H5N3O2. The highest BCUT2D eigenvalue weighted by molar-refractivity contribution is 6.02. The summed E-state index contributed by atoms with van der Waals surface area (Å²) in [4.78, 5) is 15.4. The summed E-state index contributed by atoms with van der Waals surface area (Å²) in [5, 5.41) is 7.93. The first-order chi connectivity index (χ1) is 6.86. The first kappa shape index (κ1) is 7.25. The lowest BCUT2D eigenvalue weighted by molar-refractivity contribution is 0.501. The van der Waals surface area contributed by atoms with E-state index in [-0.39, 0.29) is 0 Å². The SMILES string of the molecule is O=c1ocnc2ccc3cn[nH]c3c12. The summed E-state index contributed by atoms with van der Waals surface area (Å²) in [6.07, 6.45) is 2.80. The summed E-state index contributed by atoms with van der Waals surface area (Å²) in [6.45, 7) is 0. The van der Waals surface area contributed by atoms with Crippen molar-refractivity contribution in [2.24, 2.45) is 0 Å². The van der Waals surface area contributed by atoms with E-state index in [9.17, 15) is 4.79 Å². The molecule has 0 aliphatic rings. The summed E-state index contributed by atoms with van der Waals surface area (Å²) in [5.41, 5.74) is 0.882. The van der Waals surface area contributed by atoms with Crippen LogP contribution in [-0.2, 0) is 0 Å². The lowest BCUT2D eigenvalue weighted by Crippen LogP contribution is -2.00. The largest absolute Gasteiger partial charge is 0.411 e. The number of rotatable bonds is 0. The lowest BCUT2D eigenvalue weighted by Gasteiger charge is -1.94. The average Bonchev–Trinajstić information content (AvgIpc) is 2.65. The van der Waals surface area contributed by atoms with Gasteiger partial charge in [0.25, 0.3) is 0 Å². The van der Waals surface area contributed by atoms with Gasteiger partial charge in [-0.05, 0) is 12.1 Å². The third-order valence-corrected chi connectivity index (χ3v) is 2.15. The van der Waals surface area contributed by atoms with Crippen molar-refractivity contribution in [3.8, 4) is 0 Å². The first-order valence-electron chi connectivity index (χ1n) is 4.06. The fourth-order valence-corrected chi connectivity index (χ4v) is 1.51. The standard InChI is InChI=1S/C9H5N3O2/c13-9-7-6(10-4-14-9)2-1-5-3-11-12-8(5)7/h1-4H,(H,11,12). The molecule has 0 fully saturated rings. The van der Waals surface area contributed by atoms with E-state index in [1.54, 1.807) is 12.3 Å². The Morgan fingerprint density at radius 2 is 2.29 bits per heavy atom. The lowest BCUT2D eigenvalue weighted by atomic mass is 10.2. The summed E-state index contributed by atoms with van der Waals surface area (Å²) in [7, 11) is 0. The van der Waals surface area contributed by atoms with Crippen molar-refractivity contribution in [3.05, 3.63) is 35.1 Å². The molecule has 2 aromatic heterocycles. The van der Waals surface area contributed by atoms with Gasteiger partial charge in [0.05, 0.1) is 17.2 Å². The van der Waals surface area contributed by atoms with Crippen molar-refractivity contribution >= 4 is 21.8 Å². The van der Waals surface area contributed by atoms with Gasteiger partial charge in [-0.1, -0.05) is 0 Å². The Bertz CT molecular complexity index is 668. The summed E-state index contributed by atoms with van der Waals surface area (Å²) < 4.78 is 4.70. The van der Waals surface area contributed by atoms with Crippen LogP contribution in [0.15, 0.2) is 33.9 Å². The van der Waals surface area contributed by atoms with Crippen LogP contribution in [0.25, 0.3) is 21.8 Å². The first-order valence-corrected chi connectivity index (χ1v) is 4.06. The number of aromatic amines is 1. The molecule has 3 aromatic rings. The van der Waals surface area contributed by atoms with Crippen molar-refractivity contribution in [2.45, 2.75) is 0 Å². The molecule has 0 spiro atoms. The van der Waals surface area contributed by atoms with Crippen molar-refractivity contribution in [1.82, 2.24) is 15.2 Å². The van der Waals surface area contributed by atoms with Gasteiger partial charge in [-0.25, -0.2) is 9.78 Å².